The monoisotopic (exact) mass is 334 g/mol. The van der Waals surface area contributed by atoms with Crippen LogP contribution in [-0.2, 0) is 0 Å². The molecular formula is C19H22N6. The molecular weight excluding hydrogens is 312 g/mol. The SMILES string of the molecule is Cc1ccc(C)c(Nc2cnnc(Nc3ccc(N(C)C)cc3)n2)c1. The largest absolute Gasteiger partial charge is 0.378 e. The maximum Gasteiger partial charge on any atom is 0.249 e. The van der Waals surface area contributed by atoms with Crippen LogP contribution in [0.3, 0.4) is 0 Å². The molecule has 0 unspecified atom stereocenters. The highest BCUT2D eigenvalue weighted by molar-refractivity contribution is 5.63. The van der Waals surface area contributed by atoms with Crippen LogP contribution in [0.5, 0.6) is 0 Å². The van der Waals surface area contributed by atoms with Gasteiger partial charge >= 0.3 is 0 Å². The molecule has 2 aromatic carbocycles. The molecule has 0 spiro atoms. The molecule has 0 saturated carbocycles. The van der Waals surface area contributed by atoms with Crippen molar-refractivity contribution < 1.29 is 0 Å². The quantitative estimate of drug-likeness (QED) is 0.734. The van der Waals surface area contributed by atoms with E-state index in [1.54, 1.807) is 6.20 Å². The number of aryl methyl sites for hydroxylation is 2. The lowest BCUT2D eigenvalue weighted by molar-refractivity contribution is 0.982. The normalized spacial score (nSPS) is 10.4. The molecule has 0 aliphatic rings. The lowest BCUT2D eigenvalue weighted by atomic mass is 10.1. The smallest absolute Gasteiger partial charge is 0.249 e. The highest BCUT2D eigenvalue weighted by Crippen LogP contribution is 2.22. The van der Waals surface area contributed by atoms with Crippen LogP contribution >= 0.6 is 0 Å². The first-order valence-corrected chi connectivity index (χ1v) is 8.10. The maximum atomic E-state index is 4.49. The van der Waals surface area contributed by atoms with Crippen LogP contribution < -0.4 is 15.5 Å². The zero-order valence-electron chi connectivity index (χ0n) is 14.9. The lowest BCUT2D eigenvalue weighted by Gasteiger charge is -2.13. The third-order valence-electron chi connectivity index (χ3n) is 3.85. The summed E-state index contributed by atoms with van der Waals surface area (Å²) < 4.78 is 0. The summed E-state index contributed by atoms with van der Waals surface area (Å²) >= 11 is 0. The van der Waals surface area contributed by atoms with E-state index >= 15 is 0 Å². The van der Waals surface area contributed by atoms with Crippen molar-refractivity contribution in [3.63, 3.8) is 0 Å². The Morgan fingerprint density at radius 3 is 2.40 bits per heavy atom. The van der Waals surface area contributed by atoms with Crippen molar-refractivity contribution >= 4 is 28.8 Å². The summed E-state index contributed by atoms with van der Waals surface area (Å²) in [7, 11) is 4.02. The molecule has 0 atom stereocenters. The van der Waals surface area contributed by atoms with E-state index in [-0.39, 0.29) is 0 Å². The van der Waals surface area contributed by atoms with Crippen LogP contribution in [0.4, 0.5) is 28.8 Å². The molecule has 2 N–H and O–H groups in total. The first-order chi connectivity index (χ1) is 12.0. The Bertz CT molecular complexity index is 858. The van der Waals surface area contributed by atoms with E-state index in [1.165, 1.54) is 5.56 Å². The third kappa shape index (κ3) is 4.23. The summed E-state index contributed by atoms with van der Waals surface area (Å²) in [6.07, 6.45) is 1.61. The van der Waals surface area contributed by atoms with Gasteiger partial charge in [0.1, 0.15) is 0 Å². The van der Waals surface area contributed by atoms with Gasteiger partial charge in [-0.15, -0.1) is 5.10 Å². The highest BCUT2D eigenvalue weighted by atomic mass is 15.3. The van der Waals surface area contributed by atoms with Crippen LogP contribution in [0.1, 0.15) is 11.1 Å². The topological polar surface area (TPSA) is 66.0 Å². The van der Waals surface area contributed by atoms with Crippen molar-refractivity contribution in [3.8, 4) is 0 Å². The van der Waals surface area contributed by atoms with Crippen molar-refractivity contribution in [2.45, 2.75) is 13.8 Å². The Balaban J connectivity index is 1.76. The molecule has 0 aliphatic heterocycles. The molecule has 6 heteroatoms. The summed E-state index contributed by atoms with van der Waals surface area (Å²) in [5, 5.41) is 14.6. The molecule has 0 radical (unpaired) electrons. The first-order valence-electron chi connectivity index (χ1n) is 8.10. The van der Waals surface area contributed by atoms with Gasteiger partial charge in [-0.25, -0.2) is 0 Å². The predicted octanol–water partition coefficient (Wildman–Crippen LogP) is 4.04. The zero-order valence-corrected chi connectivity index (χ0v) is 14.9. The fourth-order valence-corrected chi connectivity index (χ4v) is 2.40. The molecule has 0 bridgehead atoms. The summed E-state index contributed by atoms with van der Waals surface area (Å²) in [5.74, 6) is 1.10. The van der Waals surface area contributed by atoms with E-state index < -0.39 is 0 Å². The number of benzene rings is 2. The van der Waals surface area contributed by atoms with Crippen molar-refractivity contribution in [1.29, 1.82) is 0 Å². The number of nitrogens with zero attached hydrogens (tertiary/aromatic N) is 4. The standard InChI is InChI=1S/C19H22N6/c1-13-5-6-14(2)17(11-13)22-18-12-20-24-19(23-18)21-15-7-9-16(10-8-15)25(3)4/h5-12H,1-4H3,(H2,21,22,23,24). The molecule has 0 amide bonds. The van der Waals surface area contributed by atoms with Crippen LogP contribution in [0.2, 0.25) is 0 Å². The van der Waals surface area contributed by atoms with Gasteiger partial charge in [-0.05, 0) is 55.3 Å². The Morgan fingerprint density at radius 1 is 0.920 bits per heavy atom. The van der Waals surface area contributed by atoms with E-state index in [2.05, 4.69) is 62.8 Å². The van der Waals surface area contributed by atoms with E-state index in [4.69, 9.17) is 0 Å². The molecule has 3 rings (SSSR count). The number of hydrogen-bond acceptors (Lipinski definition) is 6. The van der Waals surface area contributed by atoms with E-state index in [9.17, 15) is 0 Å². The van der Waals surface area contributed by atoms with Gasteiger partial charge < -0.3 is 15.5 Å². The van der Waals surface area contributed by atoms with E-state index in [0.717, 1.165) is 22.6 Å². The average Bonchev–Trinajstić information content (AvgIpc) is 2.59. The van der Waals surface area contributed by atoms with Gasteiger partial charge in [0, 0.05) is 31.2 Å². The second-order valence-corrected chi connectivity index (χ2v) is 6.17. The summed E-state index contributed by atoms with van der Waals surface area (Å²) in [5.41, 5.74) is 5.40. The highest BCUT2D eigenvalue weighted by Gasteiger charge is 2.05. The molecule has 25 heavy (non-hydrogen) atoms. The van der Waals surface area contributed by atoms with Crippen LogP contribution in [0, 0.1) is 13.8 Å². The Kier molecular flexibility index (Phi) is 4.79. The first kappa shape index (κ1) is 16.7. The molecule has 0 fully saturated rings. The number of aromatic nitrogens is 3. The van der Waals surface area contributed by atoms with Gasteiger partial charge in [0.05, 0.1) is 6.20 Å². The molecule has 0 aliphatic carbocycles. The number of anilines is 5. The third-order valence-corrected chi connectivity index (χ3v) is 3.85. The Morgan fingerprint density at radius 2 is 1.68 bits per heavy atom. The minimum absolute atomic E-state index is 0.452. The molecule has 1 heterocycles. The van der Waals surface area contributed by atoms with Gasteiger partial charge in [-0.3, -0.25) is 0 Å². The van der Waals surface area contributed by atoms with Crippen molar-refractivity contribution in [1.82, 2.24) is 15.2 Å². The fourth-order valence-electron chi connectivity index (χ4n) is 2.40. The fraction of sp³-hybridized carbons (Fsp3) is 0.211. The van der Waals surface area contributed by atoms with E-state index in [1.807, 2.05) is 38.4 Å². The van der Waals surface area contributed by atoms with Crippen LogP contribution in [0.15, 0.2) is 48.7 Å². The number of hydrogen-bond donors (Lipinski definition) is 2. The predicted molar refractivity (Wildman–Crippen MR) is 103 cm³/mol. The maximum absolute atomic E-state index is 4.49. The number of rotatable bonds is 5. The van der Waals surface area contributed by atoms with Crippen LogP contribution in [0.25, 0.3) is 0 Å². The summed E-state index contributed by atoms with van der Waals surface area (Å²) in [6, 6.07) is 14.3. The molecule has 0 saturated heterocycles. The molecule has 3 aromatic rings. The molecule has 6 nitrogen and oxygen atoms in total. The summed E-state index contributed by atoms with van der Waals surface area (Å²) in [4.78, 5) is 6.54. The minimum atomic E-state index is 0.452. The summed E-state index contributed by atoms with van der Waals surface area (Å²) in [6.45, 7) is 4.12. The average molecular weight is 334 g/mol. The Labute approximate surface area is 147 Å². The van der Waals surface area contributed by atoms with Gasteiger partial charge in [-0.1, -0.05) is 12.1 Å². The van der Waals surface area contributed by atoms with Crippen molar-refractivity contribution in [2.24, 2.45) is 0 Å². The van der Waals surface area contributed by atoms with Gasteiger partial charge in [0.2, 0.25) is 5.95 Å². The second-order valence-electron chi connectivity index (χ2n) is 6.17. The van der Waals surface area contributed by atoms with Gasteiger partial charge in [0.25, 0.3) is 0 Å². The lowest BCUT2D eigenvalue weighted by Crippen LogP contribution is -2.08. The van der Waals surface area contributed by atoms with E-state index in [0.29, 0.717) is 11.8 Å². The van der Waals surface area contributed by atoms with Crippen LogP contribution in [-0.4, -0.2) is 29.3 Å². The zero-order chi connectivity index (χ0) is 17.8. The van der Waals surface area contributed by atoms with Crippen molar-refractivity contribution in [2.75, 3.05) is 29.6 Å². The van der Waals surface area contributed by atoms with Gasteiger partial charge in [-0.2, -0.15) is 10.1 Å². The van der Waals surface area contributed by atoms with Gasteiger partial charge in [0.15, 0.2) is 5.82 Å². The molecule has 1 aromatic heterocycles. The molecule has 128 valence electrons. The second kappa shape index (κ2) is 7.17. The van der Waals surface area contributed by atoms with Crippen molar-refractivity contribution in [3.05, 3.63) is 59.8 Å². The number of nitrogens with one attached hydrogen (secondary N) is 2. The Hall–Kier alpha value is -3.15. The minimum Gasteiger partial charge on any atom is -0.378 e.